The molecule has 3 heteroatoms. The molecule has 1 N–H and O–H groups in total. The number of hydrogen-bond donors (Lipinski definition) is 1. The van der Waals surface area contributed by atoms with Crippen molar-refractivity contribution in [2.75, 3.05) is 6.61 Å². The summed E-state index contributed by atoms with van der Waals surface area (Å²) in [5.41, 5.74) is 2.17. The summed E-state index contributed by atoms with van der Waals surface area (Å²) < 4.78 is 5.47. The highest BCUT2D eigenvalue weighted by molar-refractivity contribution is 5.90. The van der Waals surface area contributed by atoms with Gasteiger partial charge in [-0.2, -0.15) is 5.10 Å². The largest absolute Gasteiger partial charge is 0.489 e. The van der Waals surface area contributed by atoms with Crippen LogP contribution in [-0.4, -0.2) is 16.8 Å². The van der Waals surface area contributed by atoms with E-state index in [-0.39, 0.29) is 0 Å². The van der Waals surface area contributed by atoms with E-state index in [4.69, 9.17) is 4.74 Å². The molecule has 13 heavy (non-hydrogen) atoms. The number of rotatable bonds is 0. The zero-order valence-corrected chi connectivity index (χ0v) is 6.95. The highest BCUT2D eigenvalue weighted by Gasteiger charge is 2.09. The second kappa shape index (κ2) is 2.36. The van der Waals surface area contributed by atoms with Gasteiger partial charge in [0.15, 0.2) is 0 Å². The average molecular weight is 172 g/mol. The first-order valence-corrected chi connectivity index (χ1v) is 4.20. The Bertz CT molecular complexity index is 485. The van der Waals surface area contributed by atoms with E-state index in [1.54, 1.807) is 0 Å². The van der Waals surface area contributed by atoms with Crippen molar-refractivity contribution in [3.63, 3.8) is 0 Å². The maximum absolute atomic E-state index is 5.47. The molecule has 0 unspecified atom stereocenters. The van der Waals surface area contributed by atoms with Crippen molar-refractivity contribution in [2.45, 2.75) is 0 Å². The zero-order chi connectivity index (χ0) is 8.67. The lowest BCUT2D eigenvalue weighted by Crippen LogP contribution is -1.99. The third kappa shape index (κ3) is 0.869. The van der Waals surface area contributed by atoms with Crippen LogP contribution in [0.2, 0.25) is 0 Å². The Morgan fingerprint density at radius 3 is 3.38 bits per heavy atom. The lowest BCUT2D eigenvalue weighted by Gasteiger charge is -2.12. The standard InChI is InChI=1S/C10H8N2O/c1-2-7-8-6-11-12-9(8)3-4-10(7)13-5-1/h1-4,6H,5H2,(H,11,12). The summed E-state index contributed by atoms with van der Waals surface area (Å²) in [5, 5.41) is 8.04. The van der Waals surface area contributed by atoms with Crippen LogP contribution in [0.25, 0.3) is 17.0 Å². The van der Waals surface area contributed by atoms with Crippen molar-refractivity contribution >= 4 is 17.0 Å². The first kappa shape index (κ1) is 6.71. The molecule has 0 bridgehead atoms. The third-order valence-electron chi connectivity index (χ3n) is 2.25. The number of aromatic nitrogens is 2. The van der Waals surface area contributed by atoms with Gasteiger partial charge in [0.2, 0.25) is 0 Å². The first-order chi connectivity index (χ1) is 6.45. The molecule has 1 aliphatic heterocycles. The predicted octanol–water partition coefficient (Wildman–Crippen LogP) is 1.97. The van der Waals surface area contributed by atoms with E-state index in [1.165, 1.54) is 0 Å². The minimum absolute atomic E-state index is 0.663. The van der Waals surface area contributed by atoms with Crippen molar-refractivity contribution in [1.82, 2.24) is 10.2 Å². The third-order valence-corrected chi connectivity index (χ3v) is 2.25. The number of H-pyrrole nitrogens is 1. The minimum atomic E-state index is 0.663. The number of benzene rings is 1. The van der Waals surface area contributed by atoms with Gasteiger partial charge in [0.1, 0.15) is 12.4 Å². The van der Waals surface area contributed by atoms with E-state index in [9.17, 15) is 0 Å². The summed E-state index contributed by atoms with van der Waals surface area (Å²) >= 11 is 0. The second-order valence-corrected chi connectivity index (χ2v) is 3.02. The molecule has 0 radical (unpaired) electrons. The molecule has 64 valence electrons. The van der Waals surface area contributed by atoms with E-state index in [0.717, 1.165) is 22.2 Å². The van der Waals surface area contributed by atoms with Crippen LogP contribution < -0.4 is 4.74 Å². The zero-order valence-electron chi connectivity index (χ0n) is 6.95. The van der Waals surface area contributed by atoms with Crippen molar-refractivity contribution < 1.29 is 4.74 Å². The molecule has 0 fully saturated rings. The lowest BCUT2D eigenvalue weighted by atomic mass is 10.1. The van der Waals surface area contributed by atoms with Crippen LogP contribution >= 0.6 is 0 Å². The lowest BCUT2D eigenvalue weighted by molar-refractivity contribution is 0.359. The number of hydrogen-bond acceptors (Lipinski definition) is 2. The number of nitrogens with zero attached hydrogens (tertiary/aromatic N) is 1. The summed E-state index contributed by atoms with van der Waals surface area (Å²) in [6.45, 7) is 0.663. The van der Waals surface area contributed by atoms with Gasteiger partial charge in [0, 0.05) is 10.9 Å². The second-order valence-electron chi connectivity index (χ2n) is 3.02. The molecule has 0 saturated heterocycles. The summed E-state index contributed by atoms with van der Waals surface area (Å²) in [6, 6.07) is 3.96. The summed E-state index contributed by atoms with van der Waals surface area (Å²) in [5.74, 6) is 0.941. The quantitative estimate of drug-likeness (QED) is 0.659. The van der Waals surface area contributed by atoms with Gasteiger partial charge < -0.3 is 4.74 Å². The number of ether oxygens (including phenoxy) is 1. The van der Waals surface area contributed by atoms with E-state index in [0.29, 0.717) is 6.61 Å². The van der Waals surface area contributed by atoms with Gasteiger partial charge in [-0.05, 0) is 18.2 Å². The molecule has 0 aliphatic carbocycles. The Balaban J connectivity index is 2.43. The molecule has 0 amide bonds. The molecule has 1 aromatic heterocycles. The van der Waals surface area contributed by atoms with Gasteiger partial charge in [-0.25, -0.2) is 0 Å². The van der Waals surface area contributed by atoms with E-state index in [2.05, 4.69) is 16.3 Å². The molecule has 1 aromatic carbocycles. The van der Waals surface area contributed by atoms with Gasteiger partial charge >= 0.3 is 0 Å². The van der Waals surface area contributed by atoms with Crippen LogP contribution in [0, 0.1) is 0 Å². The molecule has 2 aromatic rings. The fourth-order valence-corrected chi connectivity index (χ4v) is 1.62. The monoisotopic (exact) mass is 172 g/mol. The van der Waals surface area contributed by atoms with Crippen molar-refractivity contribution in [1.29, 1.82) is 0 Å². The van der Waals surface area contributed by atoms with Crippen molar-refractivity contribution in [3.05, 3.63) is 30.0 Å². The Labute approximate surface area is 75.0 Å². The number of fused-ring (bicyclic) bond motifs is 3. The van der Waals surface area contributed by atoms with Crippen LogP contribution in [0.15, 0.2) is 24.4 Å². The Hall–Kier alpha value is -1.77. The fraction of sp³-hybridized carbons (Fsp3) is 0.100. The Morgan fingerprint density at radius 2 is 2.38 bits per heavy atom. The molecule has 0 saturated carbocycles. The van der Waals surface area contributed by atoms with Crippen LogP contribution in [0.1, 0.15) is 5.56 Å². The first-order valence-electron chi connectivity index (χ1n) is 4.20. The molecule has 3 rings (SSSR count). The van der Waals surface area contributed by atoms with E-state index in [1.807, 2.05) is 24.4 Å². The molecule has 0 spiro atoms. The SMILES string of the molecule is C1=Cc2c(ccc3[nH]ncc23)OC1. The fourth-order valence-electron chi connectivity index (χ4n) is 1.62. The van der Waals surface area contributed by atoms with Crippen LogP contribution in [-0.2, 0) is 0 Å². The van der Waals surface area contributed by atoms with Gasteiger partial charge in [-0.3, -0.25) is 5.10 Å². The van der Waals surface area contributed by atoms with Crippen molar-refractivity contribution in [3.8, 4) is 5.75 Å². The predicted molar refractivity (Wildman–Crippen MR) is 50.6 cm³/mol. The minimum Gasteiger partial charge on any atom is -0.489 e. The normalized spacial score (nSPS) is 14.2. The van der Waals surface area contributed by atoms with Crippen LogP contribution in [0.3, 0.4) is 0 Å². The van der Waals surface area contributed by atoms with E-state index < -0.39 is 0 Å². The molecule has 2 heterocycles. The molecule has 0 atom stereocenters. The highest BCUT2D eigenvalue weighted by atomic mass is 16.5. The highest BCUT2D eigenvalue weighted by Crippen LogP contribution is 2.30. The van der Waals surface area contributed by atoms with E-state index >= 15 is 0 Å². The maximum Gasteiger partial charge on any atom is 0.127 e. The topological polar surface area (TPSA) is 37.9 Å². The van der Waals surface area contributed by atoms with Crippen LogP contribution in [0.4, 0.5) is 0 Å². The van der Waals surface area contributed by atoms with Gasteiger partial charge in [-0.15, -0.1) is 0 Å². The summed E-state index contributed by atoms with van der Waals surface area (Å²) in [4.78, 5) is 0. The molecular weight excluding hydrogens is 164 g/mol. The average Bonchev–Trinajstić information content (AvgIpc) is 2.65. The molecule has 3 nitrogen and oxygen atoms in total. The summed E-state index contributed by atoms with van der Waals surface area (Å²) in [6.07, 6.45) is 5.92. The van der Waals surface area contributed by atoms with Gasteiger partial charge in [0.25, 0.3) is 0 Å². The maximum atomic E-state index is 5.47. The van der Waals surface area contributed by atoms with Gasteiger partial charge in [0.05, 0.1) is 11.7 Å². The molecule has 1 aliphatic rings. The number of nitrogens with one attached hydrogen (secondary N) is 1. The smallest absolute Gasteiger partial charge is 0.127 e. The van der Waals surface area contributed by atoms with Crippen LogP contribution in [0.5, 0.6) is 5.75 Å². The van der Waals surface area contributed by atoms with Crippen molar-refractivity contribution in [2.24, 2.45) is 0 Å². The number of aromatic amines is 1. The Kier molecular flexibility index (Phi) is 1.22. The molecular formula is C10H8N2O. The summed E-state index contributed by atoms with van der Waals surface area (Å²) in [7, 11) is 0. The Morgan fingerprint density at radius 1 is 1.38 bits per heavy atom. The van der Waals surface area contributed by atoms with Gasteiger partial charge in [-0.1, -0.05) is 6.08 Å².